The zero-order valence-electron chi connectivity index (χ0n) is 18.1. The molecule has 0 amide bonds. The number of aliphatic hydroxyl groups is 1. The van der Waals surface area contributed by atoms with Crippen molar-refractivity contribution < 1.29 is 27.8 Å². The van der Waals surface area contributed by atoms with Crippen LogP contribution in [0.3, 0.4) is 0 Å². The number of carbonyl (C=O) groups excluding carboxylic acids is 1. The molecular weight excluding hydrogens is 537 g/mol. The summed E-state index contributed by atoms with van der Waals surface area (Å²) in [5.74, 6) is -3.75. The van der Waals surface area contributed by atoms with Crippen LogP contribution in [0.1, 0.15) is 30.0 Å². The summed E-state index contributed by atoms with van der Waals surface area (Å²) in [4.78, 5) is 23.5. The number of aromatic nitrogens is 1. The summed E-state index contributed by atoms with van der Waals surface area (Å²) in [5, 5.41) is 15.1. The molecule has 2 aliphatic heterocycles. The van der Waals surface area contributed by atoms with E-state index in [4.69, 9.17) is 4.74 Å². The molecule has 0 unspecified atom stereocenters. The van der Waals surface area contributed by atoms with Crippen LogP contribution in [0.2, 0.25) is 0 Å². The zero-order chi connectivity index (χ0) is 24.5. The standard InChI is InChI=1S/C22H22BrF3N4O3S/c1-2-33-21(32)17-16(9-30-11-22(25,26)8-13(30)10-31)28-19(20-27-5-6-34-20)29-18(17)14-4-3-12(24)7-15(14)23/h3-7,13,18,31H,2,8-11H2,1H3,(H,28,29)/t13-,18-/m0/s1. The number of alkyl halides is 2. The first kappa shape index (κ1) is 24.8. The Hall–Kier alpha value is -2.28. The number of rotatable bonds is 7. The van der Waals surface area contributed by atoms with Gasteiger partial charge in [-0.3, -0.25) is 9.89 Å². The first-order chi connectivity index (χ1) is 16.2. The molecule has 1 fully saturated rings. The molecule has 1 saturated heterocycles. The maximum Gasteiger partial charge on any atom is 0.338 e. The van der Waals surface area contributed by atoms with E-state index in [0.29, 0.717) is 26.6 Å². The van der Waals surface area contributed by atoms with E-state index in [-0.39, 0.29) is 18.7 Å². The number of thiazole rings is 1. The highest BCUT2D eigenvalue weighted by atomic mass is 79.9. The minimum Gasteiger partial charge on any atom is -0.463 e. The molecule has 1 aromatic carbocycles. The maximum absolute atomic E-state index is 14.1. The van der Waals surface area contributed by atoms with Crippen molar-refractivity contribution in [3.8, 4) is 0 Å². The Morgan fingerprint density at radius 3 is 2.88 bits per heavy atom. The largest absolute Gasteiger partial charge is 0.463 e. The summed E-state index contributed by atoms with van der Waals surface area (Å²) in [7, 11) is 0. The van der Waals surface area contributed by atoms with Crippen molar-refractivity contribution in [3.63, 3.8) is 0 Å². The Labute approximate surface area is 206 Å². The highest BCUT2D eigenvalue weighted by molar-refractivity contribution is 9.10. The average Bonchev–Trinajstić information content (AvgIpc) is 3.41. The summed E-state index contributed by atoms with van der Waals surface area (Å²) in [6.45, 7) is 0.669. The van der Waals surface area contributed by atoms with Crippen LogP contribution >= 0.6 is 27.3 Å². The number of halogens is 4. The van der Waals surface area contributed by atoms with Crippen LogP contribution in [-0.2, 0) is 9.53 Å². The molecule has 3 heterocycles. The fraction of sp³-hybridized carbons (Fsp3) is 0.409. The molecule has 12 heteroatoms. The van der Waals surface area contributed by atoms with Crippen molar-refractivity contribution >= 4 is 39.1 Å². The number of hydrogen-bond acceptors (Lipinski definition) is 8. The normalized spacial score (nSPS) is 22.5. The van der Waals surface area contributed by atoms with Crippen LogP contribution in [0.4, 0.5) is 13.2 Å². The van der Waals surface area contributed by atoms with Gasteiger partial charge in [-0.1, -0.05) is 22.0 Å². The first-order valence-corrected chi connectivity index (χ1v) is 12.2. The quantitative estimate of drug-likeness (QED) is 0.504. The Morgan fingerprint density at radius 2 is 2.24 bits per heavy atom. The van der Waals surface area contributed by atoms with Crippen LogP contribution in [0.25, 0.3) is 0 Å². The number of carbonyl (C=O) groups is 1. The lowest BCUT2D eigenvalue weighted by molar-refractivity contribution is -0.139. The lowest BCUT2D eigenvalue weighted by atomic mass is 9.95. The minimum absolute atomic E-state index is 0.0747. The van der Waals surface area contributed by atoms with Gasteiger partial charge in [0, 0.05) is 40.8 Å². The topological polar surface area (TPSA) is 87.0 Å². The van der Waals surface area contributed by atoms with Gasteiger partial charge in [0.1, 0.15) is 11.9 Å². The van der Waals surface area contributed by atoms with Crippen LogP contribution in [-0.4, -0.2) is 65.1 Å². The molecule has 0 spiro atoms. The van der Waals surface area contributed by atoms with Crippen LogP contribution < -0.4 is 5.32 Å². The smallest absolute Gasteiger partial charge is 0.338 e. The molecule has 4 rings (SSSR count). The van der Waals surface area contributed by atoms with Crippen LogP contribution in [0.5, 0.6) is 0 Å². The third-order valence-corrected chi connectivity index (χ3v) is 7.04. The number of aliphatic imine (C=N–C) groups is 1. The summed E-state index contributed by atoms with van der Waals surface area (Å²) in [6, 6.07) is 2.36. The van der Waals surface area contributed by atoms with E-state index < -0.39 is 49.4 Å². The van der Waals surface area contributed by atoms with Gasteiger partial charge in [-0.25, -0.2) is 22.9 Å². The fourth-order valence-electron chi connectivity index (χ4n) is 4.10. The lowest BCUT2D eigenvalue weighted by Gasteiger charge is -2.31. The molecule has 2 aromatic rings. The van der Waals surface area contributed by atoms with Crippen LogP contribution in [0.15, 0.2) is 50.5 Å². The van der Waals surface area contributed by atoms with Crippen molar-refractivity contribution in [3.05, 3.63) is 61.9 Å². The molecule has 182 valence electrons. The molecule has 7 nitrogen and oxygen atoms in total. The molecule has 2 N–H and O–H groups in total. The summed E-state index contributed by atoms with van der Waals surface area (Å²) < 4.78 is 47.8. The summed E-state index contributed by atoms with van der Waals surface area (Å²) in [6.07, 6.45) is 1.12. The van der Waals surface area contributed by atoms with Crippen molar-refractivity contribution in [2.75, 3.05) is 26.3 Å². The van der Waals surface area contributed by atoms with Gasteiger partial charge in [0.2, 0.25) is 0 Å². The van der Waals surface area contributed by atoms with Crippen LogP contribution in [0, 0.1) is 5.82 Å². The number of aliphatic hydroxyl groups excluding tert-OH is 1. The number of likely N-dealkylation sites (tertiary alicyclic amines) is 1. The number of ether oxygens (including phenoxy) is 1. The molecule has 0 bridgehead atoms. The predicted octanol–water partition coefficient (Wildman–Crippen LogP) is 3.65. The Kier molecular flexibility index (Phi) is 7.41. The van der Waals surface area contributed by atoms with Gasteiger partial charge in [-0.05, 0) is 24.6 Å². The molecule has 0 radical (unpaired) electrons. The molecule has 0 aliphatic carbocycles. The fourth-order valence-corrected chi connectivity index (χ4v) is 5.26. The molecule has 2 aliphatic rings. The molecule has 34 heavy (non-hydrogen) atoms. The zero-order valence-corrected chi connectivity index (χ0v) is 20.5. The number of benzene rings is 1. The van der Waals surface area contributed by atoms with Crippen molar-refractivity contribution in [2.45, 2.75) is 31.4 Å². The molecular formula is C22H22BrF3N4O3S. The van der Waals surface area contributed by atoms with Gasteiger partial charge < -0.3 is 15.2 Å². The summed E-state index contributed by atoms with van der Waals surface area (Å²) in [5.41, 5.74) is 0.945. The second-order valence-electron chi connectivity index (χ2n) is 7.92. The van der Waals surface area contributed by atoms with E-state index in [1.807, 2.05) is 0 Å². The van der Waals surface area contributed by atoms with Gasteiger partial charge in [-0.2, -0.15) is 0 Å². The average molecular weight is 559 g/mol. The van der Waals surface area contributed by atoms with Gasteiger partial charge in [0.15, 0.2) is 10.8 Å². The predicted molar refractivity (Wildman–Crippen MR) is 124 cm³/mol. The van der Waals surface area contributed by atoms with Crippen molar-refractivity contribution in [1.29, 1.82) is 0 Å². The Morgan fingerprint density at radius 1 is 1.44 bits per heavy atom. The second-order valence-corrected chi connectivity index (χ2v) is 9.67. The van der Waals surface area contributed by atoms with Crippen molar-refractivity contribution in [1.82, 2.24) is 15.2 Å². The third-order valence-electron chi connectivity index (χ3n) is 5.57. The number of amidine groups is 1. The van der Waals surface area contributed by atoms with Crippen molar-refractivity contribution in [2.24, 2.45) is 4.99 Å². The van der Waals surface area contributed by atoms with E-state index in [1.54, 1.807) is 18.5 Å². The molecule has 1 aromatic heterocycles. The van der Waals surface area contributed by atoms with Gasteiger partial charge in [-0.15, -0.1) is 11.3 Å². The van der Waals surface area contributed by atoms with Gasteiger partial charge in [0.25, 0.3) is 5.92 Å². The van der Waals surface area contributed by atoms with E-state index in [0.717, 1.165) is 0 Å². The van der Waals surface area contributed by atoms with Gasteiger partial charge >= 0.3 is 5.97 Å². The Balaban J connectivity index is 1.83. The SMILES string of the molecule is CCOC(=O)C1=C(CN2CC(F)(F)C[C@H]2CO)NC(c2nccs2)=N[C@H]1c1ccc(F)cc1Br. The van der Waals surface area contributed by atoms with E-state index in [1.165, 1.54) is 34.4 Å². The van der Waals surface area contributed by atoms with E-state index in [9.17, 15) is 23.1 Å². The minimum atomic E-state index is -2.96. The molecule has 2 atom stereocenters. The summed E-state index contributed by atoms with van der Waals surface area (Å²) >= 11 is 4.66. The number of esters is 1. The van der Waals surface area contributed by atoms with E-state index in [2.05, 4.69) is 31.2 Å². The Bertz CT molecular complexity index is 1130. The first-order valence-electron chi connectivity index (χ1n) is 10.5. The third kappa shape index (κ3) is 5.19. The van der Waals surface area contributed by atoms with E-state index >= 15 is 0 Å². The maximum atomic E-state index is 14.1. The monoisotopic (exact) mass is 558 g/mol. The second kappa shape index (κ2) is 10.1. The van der Waals surface area contributed by atoms with Gasteiger partial charge in [0.05, 0.1) is 25.3 Å². The number of nitrogens with zero attached hydrogens (tertiary/aromatic N) is 3. The molecule has 0 saturated carbocycles. The highest BCUT2D eigenvalue weighted by Gasteiger charge is 2.45. The number of hydrogen-bond donors (Lipinski definition) is 2. The highest BCUT2D eigenvalue weighted by Crippen LogP contribution is 2.38. The number of nitrogens with one attached hydrogen (secondary N) is 1. The lowest BCUT2D eigenvalue weighted by Crippen LogP contribution is -2.42.